The van der Waals surface area contributed by atoms with Gasteiger partial charge in [-0.05, 0) is 43.3 Å². The number of benzene rings is 1. The average molecular weight is 355 g/mol. The van der Waals surface area contributed by atoms with Crippen molar-refractivity contribution in [2.45, 2.75) is 13.5 Å². The van der Waals surface area contributed by atoms with Gasteiger partial charge in [0.05, 0.1) is 24.3 Å². The summed E-state index contributed by atoms with van der Waals surface area (Å²) in [6, 6.07) is 10.6. The summed E-state index contributed by atoms with van der Waals surface area (Å²) >= 11 is 0. The minimum absolute atomic E-state index is 0.0936. The van der Waals surface area contributed by atoms with E-state index in [-0.39, 0.29) is 23.9 Å². The van der Waals surface area contributed by atoms with Gasteiger partial charge >= 0.3 is 5.69 Å². The van der Waals surface area contributed by atoms with Gasteiger partial charge in [-0.3, -0.25) is 10.1 Å². The largest absolute Gasteiger partial charge is 0.494 e. The molecule has 0 aliphatic heterocycles. The van der Waals surface area contributed by atoms with Crippen molar-refractivity contribution in [1.29, 1.82) is 0 Å². The molecule has 0 saturated carbocycles. The topological polar surface area (TPSA) is 115 Å². The highest BCUT2D eigenvalue weighted by Crippen LogP contribution is 2.31. The van der Waals surface area contributed by atoms with Gasteiger partial charge in [0.1, 0.15) is 17.8 Å². The standard InChI is InChI=1S/C17H17N5O4/c1-2-25-13-7-5-12(6-8-13)21-17-15(22(23)24)16(19-11-20-17)18-10-14-4-3-9-26-14/h3-9,11H,2,10H2,1H3,(H2,18,19,20,21). The molecule has 3 aromatic rings. The lowest BCUT2D eigenvalue weighted by molar-refractivity contribution is -0.383. The molecule has 0 fully saturated rings. The van der Waals surface area contributed by atoms with Gasteiger partial charge < -0.3 is 19.8 Å². The van der Waals surface area contributed by atoms with Crippen LogP contribution in [0, 0.1) is 10.1 Å². The monoisotopic (exact) mass is 355 g/mol. The van der Waals surface area contributed by atoms with Crippen molar-refractivity contribution >= 4 is 23.0 Å². The van der Waals surface area contributed by atoms with E-state index >= 15 is 0 Å². The van der Waals surface area contributed by atoms with E-state index in [0.717, 1.165) is 5.75 Å². The molecule has 2 N–H and O–H groups in total. The lowest BCUT2D eigenvalue weighted by Crippen LogP contribution is -2.08. The average Bonchev–Trinajstić information content (AvgIpc) is 3.15. The molecule has 0 unspecified atom stereocenters. The van der Waals surface area contributed by atoms with Crippen LogP contribution in [0.4, 0.5) is 23.0 Å². The Morgan fingerprint density at radius 2 is 1.96 bits per heavy atom. The van der Waals surface area contributed by atoms with E-state index in [1.165, 1.54) is 12.6 Å². The Labute approximate surface area is 149 Å². The van der Waals surface area contributed by atoms with Crippen molar-refractivity contribution < 1.29 is 14.1 Å². The Kier molecular flexibility index (Phi) is 5.28. The fourth-order valence-electron chi connectivity index (χ4n) is 2.29. The predicted octanol–water partition coefficient (Wildman–Crippen LogP) is 3.73. The number of nitro groups is 1. The van der Waals surface area contributed by atoms with Gasteiger partial charge in [0.25, 0.3) is 0 Å². The minimum atomic E-state index is -0.526. The molecule has 0 bridgehead atoms. The van der Waals surface area contributed by atoms with Gasteiger partial charge in [-0.15, -0.1) is 0 Å². The van der Waals surface area contributed by atoms with E-state index in [9.17, 15) is 10.1 Å². The van der Waals surface area contributed by atoms with Crippen LogP contribution in [0.1, 0.15) is 12.7 Å². The number of nitrogens with zero attached hydrogens (tertiary/aromatic N) is 3. The molecule has 0 aliphatic carbocycles. The summed E-state index contributed by atoms with van der Waals surface area (Å²) in [5.74, 6) is 1.56. The Morgan fingerprint density at radius 3 is 2.62 bits per heavy atom. The first-order valence-electron chi connectivity index (χ1n) is 7.93. The predicted molar refractivity (Wildman–Crippen MR) is 95.6 cm³/mol. The van der Waals surface area contributed by atoms with Crippen molar-refractivity contribution in [2.75, 3.05) is 17.2 Å². The van der Waals surface area contributed by atoms with Crippen LogP contribution < -0.4 is 15.4 Å². The molecule has 9 nitrogen and oxygen atoms in total. The smallest absolute Gasteiger partial charge is 0.353 e. The summed E-state index contributed by atoms with van der Waals surface area (Å²) in [4.78, 5) is 19.0. The highest BCUT2D eigenvalue weighted by Gasteiger charge is 2.23. The molecule has 0 spiro atoms. The van der Waals surface area contributed by atoms with E-state index in [0.29, 0.717) is 18.1 Å². The molecule has 0 saturated heterocycles. The molecule has 0 radical (unpaired) electrons. The Hall–Kier alpha value is -3.62. The van der Waals surface area contributed by atoms with Crippen molar-refractivity contribution in [1.82, 2.24) is 9.97 Å². The fourth-order valence-corrected chi connectivity index (χ4v) is 2.29. The van der Waals surface area contributed by atoms with Crippen molar-refractivity contribution in [2.24, 2.45) is 0 Å². The molecule has 2 heterocycles. The maximum atomic E-state index is 11.5. The van der Waals surface area contributed by atoms with Crippen LogP contribution in [0.25, 0.3) is 0 Å². The van der Waals surface area contributed by atoms with Crippen LogP contribution in [-0.2, 0) is 6.54 Å². The van der Waals surface area contributed by atoms with E-state index in [1.807, 2.05) is 6.92 Å². The third-order valence-corrected chi connectivity index (χ3v) is 3.44. The van der Waals surface area contributed by atoms with Crippen LogP contribution in [-0.4, -0.2) is 21.5 Å². The third-order valence-electron chi connectivity index (χ3n) is 3.44. The van der Waals surface area contributed by atoms with Crippen LogP contribution in [0.3, 0.4) is 0 Å². The normalized spacial score (nSPS) is 10.3. The first-order chi connectivity index (χ1) is 12.7. The summed E-state index contributed by atoms with van der Waals surface area (Å²) in [5.41, 5.74) is 0.403. The molecule has 26 heavy (non-hydrogen) atoms. The SMILES string of the molecule is CCOc1ccc(Nc2ncnc(NCc3ccco3)c2[N+](=O)[O-])cc1. The van der Waals surface area contributed by atoms with Crippen molar-refractivity contribution in [3.05, 3.63) is 64.9 Å². The Bertz CT molecular complexity index is 865. The molecular formula is C17H17N5O4. The van der Waals surface area contributed by atoms with E-state index in [2.05, 4.69) is 20.6 Å². The first-order valence-corrected chi connectivity index (χ1v) is 7.93. The van der Waals surface area contributed by atoms with Gasteiger partial charge in [0, 0.05) is 5.69 Å². The zero-order chi connectivity index (χ0) is 18.4. The Balaban J connectivity index is 1.81. The Morgan fingerprint density at radius 1 is 1.19 bits per heavy atom. The first kappa shape index (κ1) is 17.2. The number of aromatic nitrogens is 2. The summed E-state index contributed by atoms with van der Waals surface area (Å²) < 4.78 is 10.6. The molecule has 2 aromatic heterocycles. The zero-order valence-corrected chi connectivity index (χ0v) is 14.0. The fraction of sp³-hybridized carbons (Fsp3) is 0.176. The second kappa shape index (κ2) is 7.97. The van der Waals surface area contributed by atoms with Crippen LogP contribution in [0.15, 0.2) is 53.4 Å². The number of furan rings is 1. The molecule has 1 aromatic carbocycles. The molecule has 0 atom stereocenters. The van der Waals surface area contributed by atoms with Gasteiger partial charge in [-0.25, -0.2) is 9.97 Å². The number of hydrogen-bond donors (Lipinski definition) is 2. The molecule has 0 amide bonds. The number of nitrogens with one attached hydrogen (secondary N) is 2. The summed E-state index contributed by atoms with van der Waals surface area (Å²) in [6.45, 7) is 2.73. The second-order valence-electron chi connectivity index (χ2n) is 5.19. The van der Waals surface area contributed by atoms with Gasteiger partial charge in [-0.2, -0.15) is 0 Å². The second-order valence-corrected chi connectivity index (χ2v) is 5.19. The van der Waals surface area contributed by atoms with Crippen molar-refractivity contribution in [3.8, 4) is 5.75 Å². The van der Waals surface area contributed by atoms with E-state index in [4.69, 9.17) is 9.15 Å². The summed E-state index contributed by atoms with van der Waals surface area (Å²) in [6.07, 6.45) is 2.79. The quantitative estimate of drug-likeness (QED) is 0.464. The van der Waals surface area contributed by atoms with Crippen LogP contribution in [0.2, 0.25) is 0 Å². The number of rotatable bonds is 8. The highest BCUT2D eigenvalue weighted by molar-refractivity contribution is 5.73. The summed E-state index contributed by atoms with van der Waals surface area (Å²) in [5, 5.41) is 17.4. The van der Waals surface area contributed by atoms with Crippen LogP contribution in [0.5, 0.6) is 5.75 Å². The molecule has 0 aliphatic rings. The molecular weight excluding hydrogens is 338 g/mol. The lowest BCUT2D eigenvalue weighted by Gasteiger charge is -2.10. The minimum Gasteiger partial charge on any atom is -0.494 e. The maximum absolute atomic E-state index is 11.5. The zero-order valence-electron chi connectivity index (χ0n) is 14.0. The van der Waals surface area contributed by atoms with Crippen molar-refractivity contribution in [3.63, 3.8) is 0 Å². The number of anilines is 3. The number of hydrogen-bond acceptors (Lipinski definition) is 8. The summed E-state index contributed by atoms with van der Waals surface area (Å²) in [7, 11) is 0. The van der Waals surface area contributed by atoms with E-state index in [1.54, 1.807) is 36.4 Å². The third kappa shape index (κ3) is 4.07. The highest BCUT2D eigenvalue weighted by atomic mass is 16.6. The maximum Gasteiger partial charge on any atom is 0.353 e. The van der Waals surface area contributed by atoms with Crippen LogP contribution >= 0.6 is 0 Å². The molecule has 3 rings (SSSR count). The molecule has 134 valence electrons. The lowest BCUT2D eigenvalue weighted by atomic mass is 10.3. The van der Waals surface area contributed by atoms with E-state index < -0.39 is 4.92 Å². The number of ether oxygens (including phenoxy) is 1. The van der Waals surface area contributed by atoms with Gasteiger partial charge in [-0.1, -0.05) is 0 Å². The van der Waals surface area contributed by atoms with Gasteiger partial charge in [0.2, 0.25) is 11.6 Å². The molecule has 9 heteroatoms. The van der Waals surface area contributed by atoms with Gasteiger partial charge in [0.15, 0.2) is 0 Å².